The molecule has 1 aliphatic rings. The van der Waals surface area contributed by atoms with E-state index in [9.17, 15) is 0 Å². The normalized spacial score (nSPS) is 12.2. The van der Waals surface area contributed by atoms with Gasteiger partial charge in [0.1, 0.15) is 28.0 Å². The first-order valence-corrected chi connectivity index (χ1v) is 16.0. The van der Waals surface area contributed by atoms with Gasteiger partial charge < -0.3 is 18.2 Å². The maximum atomic E-state index is 6.55. The molecular formula is C43H24N2O3. The second kappa shape index (κ2) is 9.47. The molecule has 1 aliphatic carbocycles. The Hall–Kier alpha value is -6.59. The number of fused-ring (bicyclic) bond motifs is 9. The minimum absolute atomic E-state index is 0.591. The van der Waals surface area contributed by atoms with Gasteiger partial charge in [-0.3, -0.25) is 0 Å². The van der Waals surface area contributed by atoms with Crippen molar-refractivity contribution in [2.45, 2.75) is 0 Å². The standard InChI is InChI=1S/C43H24N2O3/c1-3-16-36-30(12-1)32-20-18-28(23-38(32)46-36)45(29-19-21-33-31-13-2-4-17-37(31)47-39(33)24-29)27-11-5-10-26(22-27)43-44-41-34-14-6-8-25-9-7-15-35(40(25)34)42(41)48-43/h1-24H. The lowest BCUT2D eigenvalue weighted by molar-refractivity contribution is 0.590. The number of benzene rings is 7. The zero-order chi connectivity index (χ0) is 31.3. The van der Waals surface area contributed by atoms with Gasteiger partial charge >= 0.3 is 0 Å². The molecule has 0 fully saturated rings. The minimum Gasteiger partial charge on any atom is -0.456 e. The van der Waals surface area contributed by atoms with E-state index in [0.29, 0.717) is 5.89 Å². The maximum absolute atomic E-state index is 6.55. The Morgan fingerprint density at radius 1 is 0.438 bits per heavy atom. The number of furan rings is 2. The number of anilines is 3. The summed E-state index contributed by atoms with van der Waals surface area (Å²) in [5.74, 6) is 1.42. The fourth-order valence-corrected chi connectivity index (χ4v) is 7.47. The van der Waals surface area contributed by atoms with Gasteiger partial charge in [0.2, 0.25) is 5.89 Å². The predicted molar refractivity (Wildman–Crippen MR) is 193 cm³/mol. The molecule has 0 atom stereocenters. The van der Waals surface area contributed by atoms with Crippen molar-refractivity contribution in [2.75, 3.05) is 4.90 Å². The fraction of sp³-hybridized carbons (Fsp3) is 0. The lowest BCUT2D eigenvalue weighted by Crippen LogP contribution is -2.10. The minimum atomic E-state index is 0.591. The highest BCUT2D eigenvalue weighted by Gasteiger charge is 2.28. The van der Waals surface area contributed by atoms with Crippen LogP contribution in [0.15, 0.2) is 159 Å². The lowest BCUT2D eigenvalue weighted by atomic mass is 10.0. The van der Waals surface area contributed by atoms with Crippen LogP contribution in [0.25, 0.3) is 88.7 Å². The fourth-order valence-electron chi connectivity index (χ4n) is 7.47. The van der Waals surface area contributed by atoms with Gasteiger partial charge in [0.15, 0.2) is 5.76 Å². The molecule has 0 amide bonds. The molecule has 5 nitrogen and oxygen atoms in total. The summed E-state index contributed by atoms with van der Waals surface area (Å²) in [5, 5.41) is 6.77. The van der Waals surface area contributed by atoms with Crippen LogP contribution in [-0.2, 0) is 0 Å². The topological polar surface area (TPSA) is 55.6 Å². The zero-order valence-corrected chi connectivity index (χ0v) is 25.5. The Morgan fingerprint density at radius 2 is 1.02 bits per heavy atom. The molecule has 5 heteroatoms. The van der Waals surface area contributed by atoms with Crippen LogP contribution in [0.1, 0.15) is 0 Å². The van der Waals surface area contributed by atoms with Gasteiger partial charge in [-0.15, -0.1) is 0 Å². The molecule has 7 aromatic carbocycles. The number of hydrogen-bond acceptors (Lipinski definition) is 5. The number of rotatable bonds is 4. The molecule has 3 aromatic heterocycles. The van der Waals surface area contributed by atoms with Crippen LogP contribution in [0.2, 0.25) is 0 Å². The van der Waals surface area contributed by atoms with Crippen molar-refractivity contribution in [3.05, 3.63) is 146 Å². The van der Waals surface area contributed by atoms with E-state index in [1.165, 1.54) is 10.8 Å². The number of oxazole rings is 1. The maximum Gasteiger partial charge on any atom is 0.227 e. The Balaban J connectivity index is 1.09. The first kappa shape index (κ1) is 25.6. The van der Waals surface area contributed by atoms with Crippen molar-refractivity contribution >= 4 is 71.7 Å². The molecule has 224 valence electrons. The molecule has 0 aliphatic heterocycles. The van der Waals surface area contributed by atoms with Crippen LogP contribution in [0.4, 0.5) is 17.1 Å². The third-order valence-electron chi connectivity index (χ3n) is 9.62. The van der Waals surface area contributed by atoms with Crippen LogP contribution in [0.5, 0.6) is 0 Å². The second-order valence-electron chi connectivity index (χ2n) is 12.3. The highest BCUT2D eigenvalue weighted by Crippen LogP contribution is 2.49. The quantitative estimate of drug-likeness (QED) is 0.197. The highest BCUT2D eigenvalue weighted by molar-refractivity contribution is 6.13. The van der Waals surface area contributed by atoms with Gasteiger partial charge in [-0.25, -0.2) is 4.98 Å². The zero-order valence-electron chi connectivity index (χ0n) is 25.5. The lowest BCUT2D eigenvalue weighted by Gasteiger charge is -2.25. The average molecular weight is 617 g/mol. The summed E-state index contributed by atoms with van der Waals surface area (Å²) in [5.41, 5.74) is 10.3. The van der Waals surface area contributed by atoms with Crippen molar-refractivity contribution in [1.29, 1.82) is 0 Å². The Labute approximate surface area is 273 Å². The van der Waals surface area contributed by atoms with Crippen LogP contribution >= 0.6 is 0 Å². The summed E-state index contributed by atoms with van der Waals surface area (Å²) in [6.45, 7) is 0. The van der Waals surface area contributed by atoms with E-state index in [-0.39, 0.29) is 0 Å². The number of aromatic nitrogens is 1. The van der Waals surface area contributed by atoms with E-state index < -0.39 is 0 Å². The van der Waals surface area contributed by atoms with Gasteiger partial charge in [-0.2, -0.15) is 0 Å². The summed E-state index contributed by atoms with van der Waals surface area (Å²) in [7, 11) is 0. The average Bonchev–Trinajstić information content (AvgIpc) is 3.89. The van der Waals surface area contributed by atoms with Crippen molar-refractivity contribution < 1.29 is 13.3 Å². The summed E-state index contributed by atoms with van der Waals surface area (Å²) < 4.78 is 19.2. The van der Waals surface area contributed by atoms with Gasteiger partial charge in [-0.1, -0.05) is 78.9 Å². The van der Waals surface area contributed by atoms with E-state index in [0.717, 1.165) is 89.1 Å². The summed E-state index contributed by atoms with van der Waals surface area (Å²) in [6, 6.07) is 50.2. The van der Waals surface area contributed by atoms with Gasteiger partial charge in [0.05, 0.1) is 0 Å². The summed E-state index contributed by atoms with van der Waals surface area (Å²) in [6.07, 6.45) is 0. The number of nitrogens with zero attached hydrogens (tertiary/aromatic N) is 2. The summed E-state index contributed by atoms with van der Waals surface area (Å²) >= 11 is 0. The Morgan fingerprint density at radius 3 is 1.71 bits per heavy atom. The molecule has 11 rings (SSSR count). The predicted octanol–water partition coefficient (Wildman–Crippen LogP) is 12.4. The van der Waals surface area contributed by atoms with Gasteiger partial charge in [0.25, 0.3) is 0 Å². The van der Waals surface area contributed by atoms with E-state index in [1.54, 1.807) is 0 Å². The Bertz CT molecular complexity index is 2760. The smallest absolute Gasteiger partial charge is 0.227 e. The largest absolute Gasteiger partial charge is 0.456 e. The Kier molecular flexibility index (Phi) is 5.05. The number of para-hydroxylation sites is 2. The van der Waals surface area contributed by atoms with Crippen LogP contribution in [0.3, 0.4) is 0 Å². The second-order valence-corrected chi connectivity index (χ2v) is 12.3. The molecule has 0 spiro atoms. The molecule has 0 N–H and O–H groups in total. The van der Waals surface area contributed by atoms with Crippen LogP contribution < -0.4 is 4.90 Å². The molecule has 0 unspecified atom stereocenters. The van der Waals surface area contributed by atoms with Gasteiger partial charge in [-0.05, 0) is 60.0 Å². The first-order valence-electron chi connectivity index (χ1n) is 16.0. The van der Waals surface area contributed by atoms with E-state index in [1.807, 2.05) is 36.4 Å². The summed E-state index contributed by atoms with van der Waals surface area (Å²) in [4.78, 5) is 7.29. The van der Waals surface area contributed by atoms with Crippen molar-refractivity contribution in [3.8, 4) is 34.0 Å². The number of hydrogen-bond donors (Lipinski definition) is 0. The van der Waals surface area contributed by atoms with Crippen LogP contribution in [-0.4, -0.2) is 4.98 Å². The van der Waals surface area contributed by atoms with Crippen molar-refractivity contribution in [2.24, 2.45) is 0 Å². The molecular weight excluding hydrogens is 592 g/mol. The molecule has 0 bridgehead atoms. The third kappa shape index (κ3) is 3.58. The highest BCUT2D eigenvalue weighted by atomic mass is 16.4. The SMILES string of the molecule is c1cc(-c2nc3c(o2)-c2cccc4cccc-3c24)cc(N(c2ccc3c(c2)oc2ccccc23)c2ccc3c(c2)oc2ccccc23)c1. The van der Waals surface area contributed by atoms with E-state index in [2.05, 4.69) is 114 Å². The first-order chi connectivity index (χ1) is 23.8. The molecule has 0 saturated heterocycles. The van der Waals surface area contributed by atoms with Crippen LogP contribution in [0, 0.1) is 0 Å². The monoisotopic (exact) mass is 616 g/mol. The third-order valence-corrected chi connectivity index (χ3v) is 9.62. The van der Waals surface area contributed by atoms with Crippen molar-refractivity contribution in [3.63, 3.8) is 0 Å². The molecule has 3 heterocycles. The van der Waals surface area contributed by atoms with E-state index in [4.69, 9.17) is 18.2 Å². The van der Waals surface area contributed by atoms with Crippen molar-refractivity contribution in [1.82, 2.24) is 4.98 Å². The molecule has 0 radical (unpaired) electrons. The molecule has 10 aromatic rings. The molecule has 0 saturated carbocycles. The van der Waals surface area contributed by atoms with E-state index >= 15 is 0 Å². The molecule has 48 heavy (non-hydrogen) atoms. The van der Waals surface area contributed by atoms with Gasteiger partial charge in [0, 0.05) is 72.8 Å².